The molecule has 3 N–H and O–H groups in total. The summed E-state index contributed by atoms with van der Waals surface area (Å²) in [5.74, 6) is -1.25. The zero-order valence-corrected chi connectivity index (χ0v) is 65.0. The van der Waals surface area contributed by atoms with Crippen LogP contribution in [0.3, 0.4) is 0 Å². The smallest absolute Gasteiger partial charge is 0.462 e. The van der Waals surface area contributed by atoms with Gasteiger partial charge >= 0.3 is 39.5 Å². The van der Waals surface area contributed by atoms with E-state index in [9.17, 15) is 43.2 Å². The largest absolute Gasteiger partial charge is 0.472 e. The standard InChI is InChI=1S/C78H152O17P2/c1-6-10-13-16-18-20-22-24-25-28-32-36-39-43-47-52-57-62-76(81)89-68-74(95-78(83)64-59-54-49-45-41-37-33-30-27-26-29-31-35-38-42-46-51-55-60-71(5)9-4)70-93-97(86,87)91-66-72(79)65-90-96(84,85)92-69-73(67-88-75(80)61-56-50-15-12-8-3)94-77(82)63-58-53-48-44-40-34-23-21-19-17-14-11-7-2/h71-74,79H,6-70H2,1-5H3,(H,84,85)(H,86,87)/t71?,72-,73+,74+/m0/s1. The third-order valence-corrected chi connectivity index (χ3v) is 20.5. The molecule has 0 saturated heterocycles. The van der Waals surface area contributed by atoms with Crippen LogP contribution >= 0.6 is 15.6 Å². The molecule has 0 saturated carbocycles. The lowest BCUT2D eigenvalue weighted by atomic mass is 9.99. The molecule has 0 heterocycles. The topological polar surface area (TPSA) is 237 Å². The van der Waals surface area contributed by atoms with Gasteiger partial charge in [-0.3, -0.25) is 37.3 Å². The van der Waals surface area contributed by atoms with E-state index >= 15 is 0 Å². The molecule has 0 aromatic rings. The summed E-state index contributed by atoms with van der Waals surface area (Å²) in [5.41, 5.74) is 0. The van der Waals surface area contributed by atoms with E-state index in [1.807, 2.05) is 0 Å². The van der Waals surface area contributed by atoms with Gasteiger partial charge in [-0.25, -0.2) is 9.13 Å². The van der Waals surface area contributed by atoms with E-state index in [1.165, 1.54) is 231 Å². The molecule has 0 aromatic heterocycles. The van der Waals surface area contributed by atoms with Crippen molar-refractivity contribution in [2.45, 2.75) is 432 Å². The highest BCUT2D eigenvalue weighted by molar-refractivity contribution is 7.47. The van der Waals surface area contributed by atoms with E-state index in [2.05, 4.69) is 34.6 Å². The highest BCUT2D eigenvalue weighted by Crippen LogP contribution is 2.45. The van der Waals surface area contributed by atoms with Gasteiger partial charge in [-0.15, -0.1) is 0 Å². The summed E-state index contributed by atoms with van der Waals surface area (Å²) in [6.07, 6.45) is 61.5. The number of unbranched alkanes of at least 4 members (excludes halogenated alkanes) is 49. The fourth-order valence-electron chi connectivity index (χ4n) is 12.0. The van der Waals surface area contributed by atoms with E-state index in [0.717, 1.165) is 102 Å². The number of phosphoric ester groups is 2. The molecule has 0 rings (SSSR count). The molecule has 0 aromatic carbocycles. The number of hydrogen-bond acceptors (Lipinski definition) is 15. The summed E-state index contributed by atoms with van der Waals surface area (Å²) in [5, 5.41) is 10.6. The van der Waals surface area contributed by atoms with E-state index in [-0.39, 0.29) is 25.7 Å². The van der Waals surface area contributed by atoms with Crippen molar-refractivity contribution in [2.75, 3.05) is 39.6 Å². The van der Waals surface area contributed by atoms with Crippen LogP contribution in [0.5, 0.6) is 0 Å². The number of aliphatic hydroxyl groups excluding tert-OH is 1. The van der Waals surface area contributed by atoms with Gasteiger partial charge in [0.15, 0.2) is 12.2 Å². The minimum Gasteiger partial charge on any atom is -0.462 e. The Labute approximate surface area is 594 Å². The number of hydrogen-bond donors (Lipinski definition) is 3. The number of ether oxygens (including phenoxy) is 4. The first-order valence-electron chi connectivity index (χ1n) is 40.7. The Morgan fingerprint density at radius 3 is 0.732 bits per heavy atom. The Hall–Kier alpha value is -1.94. The van der Waals surface area contributed by atoms with Crippen molar-refractivity contribution in [3.8, 4) is 0 Å². The quantitative estimate of drug-likeness (QED) is 0.0222. The molecule has 576 valence electrons. The Morgan fingerprint density at radius 2 is 0.495 bits per heavy atom. The SMILES string of the molecule is CCCCCCCCCCCCCCCCCCCC(=O)OC[C@H](COP(=O)(O)OC[C@@H](O)COP(=O)(O)OC[C@@H](COC(=O)CCCCCCC)OC(=O)CCCCCCCCCCCCCCC)OC(=O)CCCCCCCCCCCCCCCCCCCCC(C)CC. The fraction of sp³-hybridized carbons (Fsp3) is 0.949. The molecular weight excluding hydrogens is 1270 g/mol. The van der Waals surface area contributed by atoms with Crippen LogP contribution in [-0.4, -0.2) is 96.7 Å². The maximum Gasteiger partial charge on any atom is 0.472 e. The van der Waals surface area contributed by atoms with Gasteiger partial charge in [-0.05, 0) is 31.6 Å². The highest BCUT2D eigenvalue weighted by atomic mass is 31.2. The summed E-state index contributed by atoms with van der Waals surface area (Å²) in [6.45, 7) is 7.29. The zero-order chi connectivity index (χ0) is 71.2. The van der Waals surface area contributed by atoms with Crippen LogP contribution < -0.4 is 0 Å². The first-order valence-corrected chi connectivity index (χ1v) is 43.7. The summed E-state index contributed by atoms with van der Waals surface area (Å²) in [4.78, 5) is 72.6. The van der Waals surface area contributed by atoms with Crippen LogP contribution in [0.2, 0.25) is 0 Å². The third-order valence-electron chi connectivity index (χ3n) is 18.6. The molecule has 3 unspecified atom stereocenters. The summed E-state index contributed by atoms with van der Waals surface area (Å²) >= 11 is 0. The van der Waals surface area contributed by atoms with Crippen LogP contribution in [0.4, 0.5) is 0 Å². The van der Waals surface area contributed by atoms with Gasteiger partial charge in [-0.1, -0.05) is 362 Å². The molecule has 0 aliphatic carbocycles. The maximum atomic E-state index is 13.1. The summed E-state index contributed by atoms with van der Waals surface area (Å²) in [7, 11) is -9.90. The highest BCUT2D eigenvalue weighted by Gasteiger charge is 2.30. The Bertz CT molecular complexity index is 1860. The van der Waals surface area contributed by atoms with Crippen molar-refractivity contribution in [3.05, 3.63) is 0 Å². The molecule has 0 aliphatic rings. The normalized spacial score (nSPS) is 14.2. The van der Waals surface area contributed by atoms with Crippen molar-refractivity contribution < 1.29 is 80.2 Å². The van der Waals surface area contributed by atoms with E-state index in [1.54, 1.807) is 0 Å². The van der Waals surface area contributed by atoms with Crippen LogP contribution in [0.1, 0.15) is 413 Å². The Kier molecular flexibility index (Phi) is 69.6. The van der Waals surface area contributed by atoms with Gasteiger partial charge in [0.1, 0.15) is 19.3 Å². The number of phosphoric acid groups is 2. The first kappa shape index (κ1) is 95.1. The average Bonchev–Trinajstić information content (AvgIpc) is 1.50. The lowest BCUT2D eigenvalue weighted by Crippen LogP contribution is -2.30. The second-order valence-electron chi connectivity index (χ2n) is 28.3. The average molecular weight is 1420 g/mol. The number of rotatable bonds is 78. The summed E-state index contributed by atoms with van der Waals surface area (Å²) in [6, 6.07) is 0. The molecule has 0 amide bonds. The van der Waals surface area contributed by atoms with Gasteiger partial charge in [0.25, 0.3) is 0 Å². The van der Waals surface area contributed by atoms with Gasteiger partial charge in [0, 0.05) is 25.7 Å². The minimum absolute atomic E-state index is 0.107. The van der Waals surface area contributed by atoms with E-state index in [4.69, 9.17) is 37.0 Å². The number of esters is 4. The van der Waals surface area contributed by atoms with Crippen LogP contribution in [-0.2, 0) is 65.4 Å². The van der Waals surface area contributed by atoms with E-state index in [0.29, 0.717) is 25.7 Å². The van der Waals surface area contributed by atoms with Crippen molar-refractivity contribution in [1.82, 2.24) is 0 Å². The van der Waals surface area contributed by atoms with Crippen molar-refractivity contribution in [3.63, 3.8) is 0 Å². The minimum atomic E-state index is -4.96. The maximum absolute atomic E-state index is 13.1. The van der Waals surface area contributed by atoms with Crippen LogP contribution in [0.25, 0.3) is 0 Å². The predicted octanol–water partition coefficient (Wildman–Crippen LogP) is 23.3. The molecule has 19 heteroatoms. The molecule has 0 radical (unpaired) electrons. The molecule has 0 aliphatic heterocycles. The lowest BCUT2D eigenvalue weighted by molar-refractivity contribution is -0.161. The first-order chi connectivity index (χ1) is 47.1. The fourth-order valence-corrected chi connectivity index (χ4v) is 13.6. The Balaban J connectivity index is 5.11. The molecule has 6 atom stereocenters. The van der Waals surface area contributed by atoms with Crippen molar-refractivity contribution in [1.29, 1.82) is 0 Å². The number of carbonyl (C=O) groups excluding carboxylic acids is 4. The zero-order valence-electron chi connectivity index (χ0n) is 63.2. The van der Waals surface area contributed by atoms with Crippen LogP contribution in [0, 0.1) is 5.92 Å². The van der Waals surface area contributed by atoms with Crippen LogP contribution in [0.15, 0.2) is 0 Å². The second kappa shape index (κ2) is 71.1. The molecule has 17 nitrogen and oxygen atoms in total. The third kappa shape index (κ3) is 70.9. The predicted molar refractivity (Wildman–Crippen MR) is 395 cm³/mol. The molecule has 0 spiro atoms. The van der Waals surface area contributed by atoms with Crippen molar-refractivity contribution in [2.24, 2.45) is 5.92 Å². The van der Waals surface area contributed by atoms with Gasteiger partial charge in [-0.2, -0.15) is 0 Å². The lowest BCUT2D eigenvalue weighted by Gasteiger charge is -2.21. The van der Waals surface area contributed by atoms with E-state index < -0.39 is 97.5 Å². The monoisotopic (exact) mass is 1420 g/mol. The van der Waals surface area contributed by atoms with Gasteiger partial charge in [0.2, 0.25) is 0 Å². The van der Waals surface area contributed by atoms with Crippen molar-refractivity contribution >= 4 is 39.5 Å². The molecular formula is C78H152O17P2. The number of carbonyl (C=O) groups is 4. The number of aliphatic hydroxyl groups is 1. The Morgan fingerprint density at radius 1 is 0.289 bits per heavy atom. The molecule has 0 bridgehead atoms. The molecule has 97 heavy (non-hydrogen) atoms. The second-order valence-corrected chi connectivity index (χ2v) is 31.3. The molecule has 0 fully saturated rings. The van der Waals surface area contributed by atoms with Gasteiger partial charge in [0.05, 0.1) is 26.4 Å². The summed E-state index contributed by atoms with van der Waals surface area (Å²) < 4.78 is 68.4. The van der Waals surface area contributed by atoms with Gasteiger partial charge < -0.3 is 33.8 Å².